The summed E-state index contributed by atoms with van der Waals surface area (Å²) in [7, 11) is 0. The molecule has 2 rings (SSSR count). The summed E-state index contributed by atoms with van der Waals surface area (Å²) in [5.41, 5.74) is 4.31. The molecule has 1 amide bonds. The first-order valence-electron chi connectivity index (χ1n) is 5.43. The van der Waals surface area contributed by atoms with Crippen LogP contribution in [0.5, 0.6) is 0 Å². The molecule has 0 atom stereocenters. The lowest BCUT2D eigenvalue weighted by Gasteiger charge is -2.01. The Kier molecular flexibility index (Phi) is 3.76. The Balaban J connectivity index is 2.05. The standard InChI is InChI=1S/C13H12N4O/c1-10(12-6-2-3-8-15-12)16-17-13(18)11-5-4-7-14-9-11/h2-9H,1H3,(H,17,18)/b16-10+. The monoisotopic (exact) mass is 240 g/mol. The van der Waals surface area contributed by atoms with E-state index in [4.69, 9.17) is 0 Å². The van der Waals surface area contributed by atoms with Gasteiger partial charge in [-0.2, -0.15) is 5.10 Å². The van der Waals surface area contributed by atoms with E-state index in [2.05, 4.69) is 20.5 Å². The summed E-state index contributed by atoms with van der Waals surface area (Å²) < 4.78 is 0. The second kappa shape index (κ2) is 5.67. The molecule has 2 aromatic heterocycles. The zero-order chi connectivity index (χ0) is 12.8. The third-order valence-corrected chi connectivity index (χ3v) is 2.28. The molecule has 1 N–H and O–H groups in total. The average Bonchev–Trinajstić information content (AvgIpc) is 2.46. The van der Waals surface area contributed by atoms with Crippen LogP contribution in [0.4, 0.5) is 0 Å². The van der Waals surface area contributed by atoms with Gasteiger partial charge in [-0.1, -0.05) is 6.07 Å². The average molecular weight is 240 g/mol. The third-order valence-electron chi connectivity index (χ3n) is 2.28. The number of hydrogen-bond acceptors (Lipinski definition) is 4. The minimum atomic E-state index is -0.293. The zero-order valence-electron chi connectivity index (χ0n) is 9.87. The van der Waals surface area contributed by atoms with E-state index in [1.807, 2.05) is 18.2 Å². The first-order chi connectivity index (χ1) is 8.77. The molecule has 0 fully saturated rings. The Morgan fingerprint density at radius 1 is 1.22 bits per heavy atom. The Morgan fingerprint density at radius 2 is 2.11 bits per heavy atom. The summed E-state index contributed by atoms with van der Waals surface area (Å²) >= 11 is 0. The summed E-state index contributed by atoms with van der Waals surface area (Å²) in [6, 6.07) is 8.89. The number of hydrazone groups is 1. The van der Waals surface area contributed by atoms with Crippen LogP contribution >= 0.6 is 0 Å². The van der Waals surface area contributed by atoms with Gasteiger partial charge in [0.25, 0.3) is 5.91 Å². The highest BCUT2D eigenvalue weighted by molar-refractivity contribution is 5.99. The molecule has 2 heterocycles. The van der Waals surface area contributed by atoms with Crippen molar-refractivity contribution < 1.29 is 4.79 Å². The van der Waals surface area contributed by atoms with Crippen LogP contribution in [0.1, 0.15) is 23.0 Å². The summed E-state index contributed by atoms with van der Waals surface area (Å²) in [6.45, 7) is 1.78. The van der Waals surface area contributed by atoms with Crippen molar-refractivity contribution in [1.29, 1.82) is 0 Å². The molecule has 0 aliphatic heterocycles. The number of carbonyl (C=O) groups excluding carboxylic acids is 1. The highest BCUT2D eigenvalue weighted by Gasteiger charge is 2.04. The van der Waals surface area contributed by atoms with Gasteiger partial charge in [0.15, 0.2) is 0 Å². The number of hydrogen-bond donors (Lipinski definition) is 1. The van der Waals surface area contributed by atoms with Crippen molar-refractivity contribution in [2.24, 2.45) is 5.10 Å². The van der Waals surface area contributed by atoms with Gasteiger partial charge in [-0.15, -0.1) is 0 Å². The summed E-state index contributed by atoms with van der Waals surface area (Å²) in [6.07, 6.45) is 4.78. The van der Waals surface area contributed by atoms with Crippen molar-refractivity contribution in [3.8, 4) is 0 Å². The molecule has 18 heavy (non-hydrogen) atoms. The second-order valence-electron chi connectivity index (χ2n) is 3.59. The Morgan fingerprint density at radius 3 is 2.78 bits per heavy atom. The smallest absolute Gasteiger partial charge is 0.267 e. The van der Waals surface area contributed by atoms with Gasteiger partial charge in [0.1, 0.15) is 0 Å². The van der Waals surface area contributed by atoms with Crippen molar-refractivity contribution in [3.05, 3.63) is 60.2 Å². The van der Waals surface area contributed by atoms with Crippen molar-refractivity contribution in [1.82, 2.24) is 15.4 Å². The number of nitrogens with zero attached hydrogens (tertiary/aromatic N) is 3. The molecule has 5 heteroatoms. The quantitative estimate of drug-likeness (QED) is 0.655. The molecule has 0 aliphatic carbocycles. The van der Waals surface area contributed by atoms with E-state index < -0.39 is 0 Å². The van der Waals surface area contributed by atoms with E-state index in [1.54, 1.807) is 31.5 Å². The van der Waals surface area contributed by atoms with Crippen LogP contribution in [0, 0.1) is 0 Å². The van der Waals surface area contributed by atoms with Gasteiger partial charge in [-0.05, 0) is 31.2 Å². The lowest BCUT2D eigenvalue weighted by molar-refractivity contribution is 0.0954. The van der Waals surface area contributed by atoms with E-state index in [0.29, 0.717) is 11.3 Å². The molecular weight excluding hydrogens is 228 g/mol. The molecule has 0 spiro atoms. The van der Waals surface area contributed by atoms with Crippen LogP contribution < -0.4 is 5.43 Å². The van der Waals surface area contributed by atoms with Crippen molar-refractivity contribution in [2.75, 3.05) is 0 Å². The predicted molar refractivity (Wildman–Crippen MR) is 68.2 cm³/mol. The highest BCUT2D eigenvalue weighted by Crippen LogP contribution is 1.97. The van der Waals surface area contributed by atoms with E-state index in [-0.39, 0.29) is 5.91 Å². The van der Waals surface area contributed by atoms with Gasteiger partial charge < -0.3 is 0 Å². The van der Waals surface area contributed by atoms with E-state index in [0.717, 1.165) is 5.69 Å². The number of aromatic nitrogens is 2. The maximum absolute atomic E-state index is 11.7. The van der Waals surface area contributed by atoms with Gasteiger partial charge in [0.05, 0.1) is 17.0 Å². The molecule has 0 saturated carbocycles. The molecular formula is C13H12N4O. The van der Waals surface area contributed by atoms with Gasteiger partial charge in [-0.3, -0.25) is 14.8 Å². The fraction of sp³-hybridized carbons (Fsp3) is 0.0769. The van der Waals surface area contributed by atoms with Gasteiger partial charge in [0.2, 0.25) is 0 Å². The Hall–Kier alpha value is -2.56. The van der Waals surface area contributed by atoms with E-state index >= 15 is 0 Å². The third kappa shape index (κ3) is 2.98. The topological polar surface area (TPSA) is 67.2 Å². The SMILES string of the molecule is C/C(=N\NC(=O)c1cccnc1)c1ccccn1. The largest absolute Gasteiger partial charge is 0.272 e. The molecule has 2 aromatic rings. The fourth-order valence-corrected chi connectivity index (χ4v) is 1.33. The van der Waals surface area contributed by atoms with Crippen LogP contribution in [0.3, 0.4) is 0 Å². The Labute approximate surface area is 105 Å². The minimum Gasteiger partial charge on any atom is -0.267 e. The summed E-state index contributed by atoms with van der Waals surface area (Å²) in [4.78, 5) is 19.7. The van der Waals surface area contributed by atoms with Crippen LogP contribution in [-0.2, 0) is 0 Å². The van der Waals surface area contributed by atoms with Crippen LogP contribution in [0.15, 0.2) is 54.0 Å². The second-order valence-corrected chi connectivity index (χ2v) is 3.59. The highest BCUT2D eigenvalue weighted by atomic mass is 16.2. The molecule has 0 radical (unpaired) electrons. The maximum Gasteiger partial charge on any atom is 0.272 e. The number of carbonyl (C=O) groups is 1. The van der Waals surface area contributed by atoms with Crippen LogP contribution in [0.2, 0.25) is 0 Å². The van der Waals surface area contributed by atoms with Gasteiger partial charge in [-0.25, -0.2) is 5.43 Å². The fourth-order valence-electron chi connectivity index (χ4n) is 1.33. The number of amides is 1. The van der Waals surface area contributed by atoms with E-state index in [1.165, 1.54) is 6.20 Å². The maximum atomic E-state index is 11.7. The first-order valence-corrected chi connectivity index (χ1v) is 5.43. The van der Waals surface area contributed by atoms with Crippen LogP contribution in [-0.4, -0.2) is 21.6 Å². The van der Waals surface area contributed by atoms with Crippen molar-refractivity contribution in [2.45, 2.75) is 6.92 Å². The molecule has 0 aliphatic rings. The molecule has 5 nitrogen and oxygen atoms in total. The van der Waals surface area contributed by atoms with Crippen molar-refractivity contribution in [3.63, 3.8) is 0 Å². The number of pyridine rings is 2. The predicted octanol–water partition coefficient (Wildman–Crippen LogP) is 1.63. The zero-order valence-corrected chi connectivity index (χ0v) is 9.87. The minimum absolute atomic E-state index is 0.293. The van der Waals surface area contributed by atoms with Crippen LogP contribution in [0.25, 0.3) is 0 Å². The summed E-state index contributed by atoms with van der Waals surface area (Å²) in [5.74, 6) is -0.293. The lowest BCUT2D eigenvalue weighted by Crippen LogP contribution is -2.19. The van der Waals surface area contributed by atoms with Crippen molar-refractivity contribution >= 4 is 11.6 Å². The lowest BCUT2D eigenvalue weighted by atomic mass is 10.2. The summed E-state index contributed by atoms with van der Waals surface area (Å²) in [5, 5.41) is 4.00. The number of nitrogens with one attached hydrogen (secondary N) is 1. The Bertz CT molecular complexity index is 552. The normalized spacial score (nSPS) is 11.1. The molecule has 0 bridgehead atoms. The molecule has 0 aromatic carbocycles. The number of rotatable bonds is 3. The van der Waals surface area contributed by atoms with Gasteiger partial charge >= 0.3 is 0 Å². The van der Waals surface area contributed by atoms with E-state index in [9.17, 15) is 4.79 Å². The first kappa shape index (κ1) is 11.9. The molecule has 90 valence electrons. The van der Waals surface area contributed by atoms with Gasteiger partial charge in [0, 0.05) is 18.6 Å². The molecule has 0 unspecified atom stereocenters. The molecule has 0 saturated heterocycles.